The van der Waals surface area contributed by atoms with Gasteiger partial charge in [0.05, 0.1) is 29.2 Å². The number of nitrogens with zero attached hydrogens (tertiary/aromatic N) is 2. The minimum atomic E-state index is -1.10. The lowest BCUT2D eigenvalue weighted by molar-refractivity contribution is 0.0696. The summed E-state index contributed by atoms with van der Waals surface area (Å²) in [5.74, 6) is -1.49. The Balaban J connectivity index is 2.16. The Morgan fingerprint density at radius 1 is 1.24 bits per heavy atom. The van der Waals surface area contributed by atoms with Gasteiger partial charge in [-0.05, 0) is 6.07 Å². The zero-order valence-electron chi connectivity index (χ0n) is 8.54. The second-order valence-corrected chi connectivity index (χ2v) is 3.21. The molecule has 0 saturated heterocycles. The van der Waals surface area contributed by atoms with E-state index in [1.165, 1.54) is 30.9 Å². The Morgan fingerprint density at radius 3 is 2.71 bits per heavy atom. The molecule has 0 spiro atoms. The van der Waals surface area contributed by atoms with Crippen molar-refractivity contribution in [3.05, 3.63) is 42.0 Å². The van der Waals surface area contributed by atoms with Crippen molar-refractivity contribution in [3.8, 4) is 0 Å². The molecule has 86 valence electrons. The Hall–Kier alpha value is -2.70. The number of aromatic nitrogens is 3. The molecule has 1 amide bonds. The minimum Gasteiger partial charge on any atom is -0.478 e. The lowest BCUT2D eigenvalue weighted by Crippen LogP contribution is -2.11. The van der Waals surface area contributed by atoms with Crippen molar-refractivity contribution >= 4 is 17.6 Å². The topological polar surface area (TPSA) is 108 Å². The molecule has 0 saturated carbocycles. The summed E-state index contributed by atoms with van der Waals surface area (Å²) in [5.41, 5.74) is 0.678. The standard InChI is InChI=1S/C10H8N4O3/c15-9(7-3-12-13-4-7)14-8-1-6(10(16)17)2-11-5-8/h1-5H,(H,12,13)(H,14,15)(H,16,17). The van der Waals surface area contributed by atoms with Crippen molar-refractivity contribution in [1.29, 1.82) is 0 Å². The third-order valence-electron chi connectivity index (χ3n) is 2.00. The van der Waals surface area contributed by atoms with Gasteiger partial charge in [-0.15, -0.1) is 0 Å². The van der Waals surface area contributed by atoms with Crippen LogP contribution in [0.1, 0.15) is 20.7 Å². The number of hydrogen-bond acceptors (Lipinski definition) is 4. The third kappa shape index (κ3) is 2.46. The molecular formula is C10H8N4O3. The summed E-state index contributed by atoms with van der Waals surface area (Å²) in [7, 11) is 0. The van der Waals surface area contributed by atoms with Crippen molar-refractivity contribution in [2.24, 2.45) is 0 Å². The van der Waals surface area contributed by atoms with Gasteiger partial charge in [0.25, 0.3) is 5.91 Å². The largest absolute Gasteiger partial charge is 0.478 e. The van der Waals surface area contributed by atoms with Crippen LogP contribution in [-0.2, 0) is 0 Å². The van der Waals surface area contributed by atoms with Crippen LogP contribution in [0.2, 0.25) is 0 Å². The predicted molar refractivity (Wildman–Crippen MR) is 57.7 cm³/mol. The van der Waals surface area contributed by atoms with Gasteiger partial charge in [-0.25, -0.2) is 4.79 Å². The average Bonchev–Trinajstić information content (AvgIpc) is 2.82. The van der Waals surface area contributed by atoms with Crippen LogP contribution >= 0.6 is 0 Å². The number of aromatic carboxylic acids is 1. The second-order valence-electron chi connectivity index (χ2n) is 3.21. The Bertz CT molecular complexity index is 550. The molecule has 3 N–H and O–H groups in total. The fourth-order valence-electron chi connectivity index (χ4n) is 1.20. The number of carbonyl (C=O) groups excluding carboxylic acids is 1. The summed E-state index contributed by atoms with van der Waals surface area (Å²) in [6.45, 7) is 0. The number of pyridine rings is 1. The minimum absolute atomic E-state index is 0.00925. The van der Waals surface area contributed by atoms with E-state index < -0.39 is 5.97 Å². The first kappa shape index (κ1) is 10.8. The smallest absolute Gasteiger partial charge is 0.337 e. The van der Waals surface area contributed by atoms with Gasteiger partial charge in [0, 0.05) is 12.4 Å². The first-order chi connectivity index (χ1) is 8.16. The van der Waals surface area contributed by atoms with E-state index in [2.05, 4.69) is 20.5 Å². The van der Waals surface area contributed by atoms with Crippen molar-refractivity contribution < 1.29 is 14.7 Å². The van der Waals surface area contributed by atoms with Gasteiger partial charge in [0.15, 0.2) is 0 Å². The molecule has 0 fully saturated rings. The highest BCUT2D eigenvalue weighted by molar-refractivity contribution is 6.04. The summed E-state index contributed by atoms with van der Waals surface area (Å²) in [5, 5.41) is 17.4. The Kier molecular flexibility index (Phi) is 2.82. The maximum absolute atomic E-state index is 11.6. The average molecular weight is 232 g/mol. The number of carboxylic acid groups (broad SMARTS) is 1. The zero-order valence-corrected chi connectivity index (χ0v) is 8.54. The first-order valence-corrected chi connectivity index (χ1v) is 4.65. The molecule has 7 heteroatoms. The fraction of sp³-hybridized carbons (Fsp3) is 0. The Labute approximate surface area is 95.5 Å². The second kappa shape index (κ2) is 4.44. The van der Waals surface area contributed by atoms with E-state index in [1.807, 2.05) is 0 Å². The lowest BCUT2D eigenvalue weighted by Gasteiger charge is -2.03. The number of amides is 1. The zero-order chi connectivity index (χ0) is 12.3. The van der Waals surface area contributed by atoms with Crippen LogP contribution in [0.4, 0.5) is 5.69 Å². The van der Waals surface area contributed by atoms with Gasteiger partial charge in [0.1, 0.15) is 0 Å². The lowest BCUT2D eigenvalue weighted by atomic mass is 10.2. The number of hydrogen-bond donors (Lipinski definition) is 3. The quantitative estimate of drug-likeness (QED) is 0.723. The normalized spacial score (nSPS) is 9.88. The van der Waals surface area contributed by atoms with Gasteiger partial charge >= 0.3 is 5.97 Å². The number of aromatic amines is 1. The van der Waals surface area contributed by atoms with E-state index in [4.69, 9.17) is 5.11 Å². The van der Waals surface area contributed by atoms with E-state index in [0.717, 1.165) is 0 Å². The fourth-order valence-corrected chi connectivity index (χ4v) is 1.20. The van der Waals surface area contributed by atoms with Crippen molar-refractivity contribution in [2.75, 3.05) is 5.32 Å². The molecule has 0 bridgehead atoms. The summed E-state index contributed by atoms with van der Waals surface area (Å²) < 4.78 is 0. The molecule has 0 aromatic carbocycles. The van der Waals surface area contributed by atoms with Gasteiger partial charge in [0.2, 0.25) is 0 Å². The maximum atomic E-state index is 11.6. The SMILES string of the molecule is O=C(O)c1cncc(NC(=O)c2cn[nH]c2)c1. The molecule has 0 aliphatic rings. The molecule has 2 aromatic heterocycles. The molecule has 0 aliphatic carbocycles. The van der Waals surface area contributed by atoms with E-state index in [1.54, 1.807) is 0 Å². The number of nitrogens with one attached hydrogen (secondary N) is 2. The van der Waals surface area contributed by atoms with Crippen LogP contribution in [0.25, 0.3) is 0 Å². The number of rotatable bonds is 3. The van der Waals surface area contributed by atoms with Crippen LogP contribution in [0, 0.1) is 0 Å². The molecular weight excluding hydrogens is 224 g/mol. The van der Waals surface area contributed by atoms with Gasteiger partial charge in [-0.3, -0.25) is 14.9 Å². The molecule has 2 heterocycles. The van der Waals surface area contributed by atoms with Crippen LogP contribution in [-0.4, -0.2) is 32.2 Å². The van der Waals surface area contributed by atoms with Crippen LogP contribution < -0.4 is 5.32 Å². The molecule has 0 aliphatic heterocycles. The monoisotopic (exact) mass is 232 g/mol. The van der Waals surface area contributed by atoms with Gasteiger partial charge < -0.3 is 10.4 Å². The van der Waals surface area contributed by atoms with Crippen LogP contribution in [0.15, 0.2) is 30.9 Å². The molecule has 0 atom stereocenters. The highest BCUT2D eigenvalue weighted by Crippen LogP contribution is 2.09. The van der Waals surface area contributed by atoms with Crippen LogP contribution in [0.5, 0.6) is 0 Å². The Morgan fingerprint density at radius 2 is 2.06 bits per heavy atom. The number of H-pyrrole nitrogens is 1. The highest BCUT2D eigenvalue weighted by atomic mass is 16.4. The summed E-state index contributed by atoms with van der Waals surface area (Å²) in [4.78, 5) is 26.0. The third-order valence-corrected chi connectivity index (χ3v) is 2.00. The summed E-state index contributed by atoms with van der Waals surface area (Å²) in [6.07, 6.45) is 5.37. The van der Waals surface area contributed by atoms with Gasteiger partial charge in [-0.1, -0.05) is 0 Å². The van der Waals surface area contributed by atoms with E-state index in [9.17, 15) is 9.59 Å². The van der Waals surface area contributed by atoms with E-state index in [0.29, 0.717) is 11.3 Å². The molecule has 0 radical (unpaired) electrons. The van der Waals surface area contributed by atoms with Crippen LogP contribution in [0.3, 0.4) is 0 Å². The van der Waals surface area contributed by atoms with Crippen molar-refractivity contribution in [3.63, 3.8) is 0 Å². The summed E-state index contributed by atoms with van der Waals surface area (Å²) >= 11 is 0. The number of carbonyl (C=O) groups is 2. The molecule has 0 unspecified atom stereocenters. The molecule has 2 aromatic rings. The highest BCUT2D eigenvalue weighted by Gasteiger charge is 2.09. The molecule has 17 heavy (non-hydrogen) atoms. The van der Waals surface area contributed by atoms with E-state index in [-0.39, 0.29) is 11.5 Å². The predicted octanol–water partition coefficient (Wildman–Crippen LogP) is 0.755. The van der Waals surface area contributed by atoms with E-state index >= 15 is 0 Å². The van der Waals surface area contributed by atoms with Crippen molar-refractivity contribution in [2.45, 2.75) is 0 Å². The van der Waals surface area contributed by atoms with Gasteiger partial charge in [-0.2, -0.15) is 5.10 Å². The number of anilines is 1. The maximum Gasteiger partial charge on any atom is 0.337 e. The first-order valence-electron chi connectivity index (χ1n) is 4.65. The molecule has 2 rings (SSSR count). The summed E-state index contributed by atoms with van der Waals surface area (Å²) in [6, 6.07) is 1.33. The molecule has 7 nitrogen and oxygen atoms in total. The number of carboxylic acids is 1. The van der Waals surface area contributed by atoms with Crippen molar-refractivity contribution in [1.82, 2.24) is 15.2 Å².